The Kier molecular flexibility index (Phi) is 6.56. The summed E-state index contributed by atoms with van der Waals surface area (Å²) in [6, 6.07) is 9.08. The van der Waals surface area contributed by atoms with Crippen LogP contribution in [0.25, 0.3) is 0 Å². The highest BCUT2D eigenvalue weighted by molar-refractivity contribution is 5.93. The predicted molar refractivity (Wildman–Crippen MR) is 96.3 cm³/mol. The van der Waals surface area contributed by atoms with Gasteiger partial charge in [0.05, 0.1) is 13.7 Å². The molecule has 0 spiro atoms. The van der Waals surface area contributed by atoms with E-state index in [0.29, 0.717) is 30.5 Å². The van der Waals surface area contributed by atoms with Crippen molar-refractivity contribution >= 4 is 11.7 Å². The van der Waals surface area contributed by atoms with E-state index in [4.69, 9.17) is 9.47 Å². The van der Waals surface area contributed by atoms with E-state index in [-0.39, 0.29) is 11.9 Å². The van der Waals surface area contributed by atoms with Crippen LogP contribution in [-0.2, 0) is 0 Å². The van der Waals surface area contributed by atoms with Crippen LogP contribution < -0.4 is 20.1 Å². The van der Waals surface area contributed by atoms with Gasteiger partial charge in [-0.1, -0.05) is 0 Å². The van der Waals surface area contributed by atoms with Crippen molar-refractivity contribution in [3.63, 3.8) is 0 Å². The summed E-state index contributed by atoms with van der Waals surface area (Å²) in [5, 5.41) is 5.97. The van der Waals surface area contributed by atoms with Crippen LogP contribution in [0.1, 0.15) is 30.2 Å². The number of rotatable bonds is 8. The van der Waals surface area contributed by atoms with E-state index in [1.807, 2.05) is 38.1 Å². The maximum absolute atomic E-state index is 12.1. The van der Waals surface area contributed by atoms with E-state index in [9.17, 15) is 4.79 Å². The zero-order valence-corrected chi connectivity index (χ0v) is 15.0. The van der Waals surface area contributed by atoms with Gasteiger partial charge >= 0.3 is 0 Å². The van der Waals surface area contributed by atoms with Gasteiger partial charge < -0.3 is 20.1 Å². The number of ether oxygens (including phenoxy) is 2. The fourth-order valence-corrected chi connectivity index (χ4v) is 2.13. The third-order valence-electron chi connectivity index (χ3n) is 3.23. The summed E-state index contributed by atoms with van der Waals surface area (Å²) in [6.45, 7) is 6.57. The van der Waals surface area contributed by atoms with Gasteiger partial charge in [-0.3, -0.25) is 4.79 Å². The number of aryl methyl sites for hydroxylation is 1. The Labute approximate surface area is 147 Å². The minimum atomic E-state index is -0.210. The maximum Gasteiger partial charge on any atom is 0.270 e. The molecule has 0 aliphatic heterocycles. The number of hydrogen-bond donors (Lipinski definition) is 2. The van der Waals surface area contributed by atoms with Gasteiger partial charge in [-0.25, -0.2) is 9.97 Å². The van der Waals surface area contributed by atoms with Gasteiger partial charge in [-0.2, -0.15) is 0 Å². The van der Waals surface area contributed by atoms with E-state index in [2.05, 4.69) is 20.6 Å². The molecule has 2 rings (SSSR count). The highest BCUT2D eigenvalue weighted by atomic mass is 16.5. The second-order valence-corrected chi connectivity index (χ2v) is 5.76. The molecule has 0 bridgehead atoms. The van der Waals surface area contributed by atoms with Gasteiger partial charge in [0.25, 0.3) is 5.91 Å². The standard InChI is InChI=1S/C18H24N4O3/c1-12(2)20-18(23)16-11-17(22-13(3)21-16)19-9-10-25-15-7-5-14(24-4)6-8-15/h5-8,11-12H,9-10H2,1-4H3,(H,20,23)(H,19,21,22). The van der Waals surface area contributed by atoms with E-state index in [1.165, 1.54) is 0 Å². The Balaban J connectivity index is 1.87. The molecule has 0 radical (unpaired) electrons. The summed E-state index contributed by atoms with van der Waals surface area (Å²) in [4.78, 5) is 20.5. The lowest BCUT2D eigenvalue weighted by Crippen LogP contribution is -2.31. The van der Waals surface area contributed by atoms with Crippen molar-refractivity contribution in [3.05, 3.63) is 41.9 Å². The maximum atomic E-state index is 12.1. The lowest BCUT2D eigenvalue weighted by molar-refractivity contribution is 0.0937. The minimum Gasteiger partial charge on any atom is -0.497 e. The Hall–Kier alpha value is -2.83. The van der Waals surface area contributed by atoms with Crippen LogP contribution in [0.2, 0.25) is 0 Å². The van der Waals surface area contributed by atoms with Gasteiger partial charge in [0.15, 0.2) is 0 Å². The number of methoxy groups -OCH3 is 1. The molecule has 134 valence electrons. The molecule has 1 amide bonds. The summed E-state index contributed by atoms with van der Waals surface area (Å²) < 4.78 is 10.8. The Morgan fingerprint density at radius 1 is 1.16 bits per heavy atom. The van der Waals surface area contributed by atoms with Crippen LogP contribution in [0, 0.1) is 6.92 Å². The fraction of sp³-hybridized carbons (Fsp3) is 0.389. The first kappa shape index (κ1) is 18.5. The summed E-state index contributed by atoms with van der Waals surface area (Å²) in [6.07, 6.45) is 0. The second-order valence-electron chi connectivity index (χ2n) is 5.76. The average molecular weight is 344 g/mol. The largest absolute Gasteiger partial charge is 0.497 e. The normalized spacial score (nSPS) is 10.4. The molecule has 2 aromatic rings. The average Bonchev–Trinajstić information content (AvgIpc) is 2.58. The number of nitrogens with one attached hydrogen (secondary N) is 2. The highest BCUT2D eigenvalue weighted by Crippen LogP contribution is 2.16. The Morgan fingerprint density at radius 3 is 2.48 bits per heavy atom. The number of nitrogens with zero attached hydrogens (tertiary/aromatic N) is 2. The third kappa shape index (κ3) is 5.95. The third-order valence-corrected chi connectivity index (χ3v) is 3.23. The zero-order valence-electron chi connectivity index (χ0n) is 15.0. The molecule has 0 fully saturated rings. The summed E-state index contributed by atoms with van der Waals surface area (Å²) in [7, 11) is 1.62. The van der Waals surface area contributed by atoms with E-state index >= 15 is 0 Å². The summed E-state index contributed by atoms with van der Waals surface area (Å²) in [5.41, 5.74) is 0.347. The molecular weight excluding hydrogens is 320 g/mol. The molecule has 1 aromatic heterocycles. The van der Waals surface area contributed by atoms with Gasteiger partial charge in [0.2, 0.25) is 0 Å². The number of carbonyl (C=O) groups is 1. The van der Waals surface area contributed by atoms with Crippen LogP contribution in [0.4, 0.5) is 5.82 Å². The van der Waals surface area contributed by atoms with Crippen molar-refractivity contribution < 1.29 is 14.3 Å². The van der Waals surface area contributed by atoms with Crippen LogP contribution in [0.15, 0.2) is 30.3 Å². The quantitative estimate of drug-likeness (QED) is 0.716. The number of benzene rings is 1. The lowest BCUT2D eigenvalue weighted by Gasteiger charge is -2.11. The molecule has 0 saturated heterocycles. The van der Waals surface area contributed by atoms with Crippen LogP contribution in [-0.4, -0.2) is 42.2 Å². The molecule has 25 heavy (non-hydrogen) atoms. The number of aromatic nitrogens is 2. The second kappa shape index (κ2) is 8.86. The van der Waals surface area contributed by atoms with Gasteiger partial charge in [0, 0.05) is 12.1 Å². The SMILES string of the molecule is COc1ccc(OCCNc2cc(C(=O)NC(C)C)nc(C)n2)cc1. The molecule has 7 nitrogen and oxygen atoms in total. The monoisotopic (exact) mass is 344 g/mol. The molecule has 0 unspecified atom stereocenters. The van der Waals surface area contributed by atoms with Crippen molar-refractivity contribution in [1.29, 1.82) is 0 Å². The van der Waals surface area contributed by atoms with E-state index in [0.717, 1.165) is 11.5 Å². The molecule has 0 aliphatic rings. The van der Waals surface area contributed by atoms with Crippen LogP contribution >= 0.6 is 0 Å². The highest BCUT2D eigenvalue weighted by Gasteiger charge is 2.11. The number of anilines is 1. The van der Waals surface area contributed by atoms with E-state index < -0.39 is 0 Å². The Bertz CT molecular complexity index is 702. The molecule has 0 atom stereocenters. The molecule has 1 aromatic carbocycles. The van der Waals surface area contributed by atoms with Crippen molar-refractivity contribution in [1.82, 2.24) is 15.3 Å². The van der Waals surface area contributed by atoms with Gasteiger partial charge in [-0.15, -0.1) is 0 Å². The van der Waals surface area contributed by atoms with Crippen molar-refractivity contribution in [2.24, 2.45) is 0 Å². The van der Waals surface area contributed by atoms with Crippen molar-refractivity contribution in [2.75, 3.05) is 25.6 Å². The Morgan fingerprint density at radius 2 is 1.84 bits per heavy atom. The van der Waals surface area contributed by atoms with Crippen molar-refractivity contribution in [2.45, 2.75) is 26.8 Å². The van der Waals surface area contributed by atoms with Gasteiger partial charge in [-0.05, 0) is 45.0 Å². The first-order chi connectivity index (χ1) is 12.0. The minimum absolute atomic E-state index is 0.0528. The number of hydrogen-bond acceptors (Lipinski definition) is 6. The van der Waals surface area contributed by atoms with Crippen molar-refractivity contribution in [3.8, 4) is 11.5 Å². The lowest BCUT2D eigenvalue weighted by atomic mass is 10.3. The van der Waals surface area contributed by atoms with Crippen LogP contribution in [0.3, 0.4) is 0 Å². The molecular formula is C18H24N4O3. The molecule has 2 N–H and O–H groups in total. The summed E-state index contributed by atoms with van der Waals surface area (Å²) >= 11 is 0. The number of carbonyl (C=O) groups excluding carboxylic acids is 1. The summed E-state index contributed by atoms with van der Waals surface area (Å²) in [5.74, 6) is 2.47. The van der Waals surface area contributed by atoms with Crippen LogP contribution in [0.5, 0.6) is 11.5 Å². The first-order valence-electron chi connectivity index (χ1n) is 8.15. The molecule has 1 heterocycles. The fourth-order valence-electron chi connectivity index (χ4n) is 2.13. The topological polar surface area (TPSA) is 85.4 Å². The van der Waals surface area contributed by atoms with E-state index in [1.54, 1.807) is 20.1 Å². The first-order valence-corrected chi connectivity index (χ1v) is 8.15. The molecule has 0 saturated carbocycles. The smallest absolute Gasteiger partial charge is 0.270 e. The van der Waals surface area contributed by atoms with Gasteiger partial charge in [0.1, 0.15) is 35.4 Å². The molecule has 7 heteroatoms. The molecule has 0 aliphatic carbocycles. The zero-order chi connectivity index (χ0) is 18.2. The number of amides is 1. The predicted octanol–water partition coefficient (Wildman–Crippen LogP) is 2.42.